The summed E-state index contributed by atoms with van der Waals surface area (Å²) in [6, 6.07) is 16.3. The molecule has 0 saturated carbocycles. The fraction of sp³-hybridized carbons (Fsp3) is 0.130. The fourth-order valence-electron chi connectivity index (χ4n) is 3.10. The number of hydrogen-bond donors (Lipinski definition) is 1. The van der Waals surface area contributed by atoms with E-state index in [-0.39, 0.29) is 11.9 Å². The van der Waals surface area contributed by atoms with Crippen LogP contribution in [0.4, 0.5) is 4.39 Å². The summed E-state index contributed by atoms with van der Waals surface area (Å²) in [5.74, 6) is 0.420. The van der Waals surface area contributed by atoms with Gasteiger partial charge in [0.1, 0.15) is 18.2 Å². The van der Waals surface area contributed by atoms with E-state index < -0.39 is 0 Å². The number of fused-ring (bicyclic) bond motifs is 1. The van der Waals surface area contributed by atoms with Crippen molar-refractivity contribution in [2.24, 2.45) is 5.73 Å². The van der Waals surface area contributed by atoms with Crippen LogP contribution in [-0.2, 0) is 6.42 Å². The van der Waals surface area contributed by atoms with E-state index in [4.69, 9.17) is 10.5 Å². The zero-order valence-electron chi connectivity index (χ0n) is 15.3. The molecule has 4 rings (SSSR count). The van der Waals surface area contributed by atoms with Gasteiger partial charge in [-0.1, -0.05) is 24.3 Å². The maximum atomic E-state index is 13.0. The van der Waals surface area contributed by atoms with Crippen molar-refractivity contribution < 1.29 is 9.13 Å². The molecule has 0 aliphatic heterocycles. The summed E-state index contributed by atoms with van der Waals surface area (Å²) in [5.41, 5.74) is 9.18. The normalized spacial score (nSPS) is 12.1. The molecule has 2 aromatic carbocycles. The second-order valence-corrected chi connectivity index (χ2v) is 6.75. The highest BCUT2D eigenvalue weighted by Crippen LogP contribution is 2.26. The lowest BCUT2D eigenvalue weighted by Crippen LogP contribution is -2.30. The predicted molar refractivity (Wildman–Crippen MR) is 109 cm³/mol. The number of pyridine rings is 2. The van der Waals surface area contributed by atoms with E-state index in [2.05, 4.69) is 16.0 Å². The smallest absolute Gasteiger partial charge is 0.138 e. The summed E-state index contributed by atoms with van der Waals surface area (Å²) in [6.07, 6.45) is 7.74. The minimum Gasteiger partial charge on any atom is -0.490 e. The van der Waals surface area contributed by atoms with Crippen LogP contribution in [0.1, 0.15) is 5.56 Å². The zero-order valence-corrected chi connectivity index (χ0v) is 15.3. The van der Waals surface area contributed by atoms with Gasteiger partial charge in [0.2, 0.25) is 0 Å². The molecule has 0 aliphatic carbocycles. The maximum Gasteiger partial charge on any atom is 0.138 e. The first kappa shape index (κ1) is 18.1. The summed E-state index contributed by atoms with van der Waals surface area (Å²) in [7, 11) is 0. The van der Waals surface area contributed by atoms with Crippen molar-refractivity contribution in [3.05, 3.63) is 90.8 Å². The van der Waals surface area contributed by atoms with Crippen LogP contribution in [0.3, 0.4) is 0 Å². The van der Waals surface area contributed by atoms with Gasteiger partial charge in [0.05, 0.1) is 6.20 Å². The molecule has 0 aliphatic rings. The van der Waals surface area contributed by atoms with Crippen LogP contribution in [-0.4, -0.2) is 22.6 Å². The molecule has 4 aromatic rings. The molecule has 0 radical (unpaired) electrons. The standard InChI is InChI=1S/C23H20FN3O/c24-21-5-1-16(2-6-21)9-22(25)15-28-23-11-20(13-27-14-23)17-3-4-19-12-26-8-7-18(19)10-17/h1-8,10-14,22H,9,15,25H2. The molecule has 5 heteroatoms. The van der Waals surface area contributed by atoms with Crippen molar-refractivity contribution >= 4 is 10.8 Å². The minimum absolute atomic E-state index is 0.192. The third-order valence-electron chi connectivity index (χ3n) is 4.56. The predicted octanol–water partition coefficient (Wildman–Crippen LogP) is 4.38. The minimum atomic E-state index is -0.249. The monoisotopic (exact) mass is 373 g/mol. The molecule has 2 heterocycles. The fourth-order valence-corrected chi connectivity index (χ4v) is 3.10. The van der Waals surface area contributed by atoms with Gasteiger partial charge < -0.3 is 10.5 Å². The van der Waals surface area contributed by atoms with Gasteiger partial charge in [-0.2, -0.15) is 0 Å². The molecular weight excluding hydrogens is 353 g/mol. The van der Waals surface area contributed by atoms with Gasteiger partial charge in [0.15, 0.2) is 0 Å². The number of rotatable bonds is 6. The number of aromatic nitrogens is 2. The molecule has 0 spiro atoms. The molecule has 140 valence electrons. The first-order valence-electron chi connectivity index (χ1n) is 9.09. The second-order valence-electron chi connectivity index (χ2n) is 6.75. The van der Waals surface area contributed by atoms with E-state index in [0.717, 1.165) is 27.5 Å². The molecule has 0 amide bonds. The SMILES string of the molecule is NC(COc1cncc(-c2ccc3cnccc3c2)c1)Cc1ccc(F)cc1. The van der Waals surface area contributed by atoms with E-state index in [0.29, 0.717) is 18.8 Å². The van der Waals surface area contributed by atoms with Gasteiger partial charge in [-0.25, -0.2) is 4.39 Å². The highest BCUT2D eigenvalue weighted by Gasteiger charge is 2.08. The third kappa shape index (κ3) is 4.32. The number of halogens is 1. The Morgan fingerprint density at radius 3 is 2.57 bits per heavy atom. The Hall–Kier alpha value is -3.31. The van der Waals surface area contributed by atoms with Gasteiger partial charge in [-0.05, 0) is 53.3 Å². The molecule has 4 nitrogen and oxygen atoms in total. The Bertz CT molecular complexity index is 1080. The van der Waals surface area contributed by atoms with Gasteiger partial charge in [0.25, 0.3) is 0 Å². The van der Waals surface area contributed by atoms with Crippen molar-refractivity contribution in [3.63, 3.8) is 0 Å². The van der Waals surface area contributed by atoms with Crippen LogP contribution < -0.4 is 10.5 Å². The van der Waals surface area contributed by atoms with Crippen molar-refractivity contribution in [1.29, 1.82) is 0 Å². The number of hydrogen-bond acceptors (Lipinski definition) is 4. The van der Waals surface area contributed by atoms with Crippen LogP contribution in [0.15, 0.2) is 79.4 Å². The van der Waals surface area contributed by atoms with Crippen molar-refractivity contribution in [3.8, 4) is 16.9 Å². The summed E-state index contributed by atoms with van der Waals surface area (Å²) < 4.78 is 18.8. The Morgan fingerprint density at radius 2 is 1.71 bits per heavy atom. The van der Waals surface area contributed by atoms with Crippen LogP contribution in [0, 0.1) is 5.82 Å². The lowest BCUT2D eigenvalue weighted by molar-refractivity contribution is 0.286. The highest BCUT2D eigenvalue weighted by atomic mass is 19.1. The average Bonchev–Trinajstić information content (AvgIpc) is 2.74. The Labute approximate surface area is 162 Å². The Kier molecular flexibility index (Phi) is 5.26. The topological polar surface area (TPSA) is 61.0 Å². The van der Waals surface area contributed by atoms with E-state index >= 15 is 0 Å². The quantitative estimate of drug-likeness (QED) is 0.545. The van der Waals surface area contributed by atoms with Gasteiger partial charge in [-0.3, -0.25) is 9.97 Å². The van der Waals surface area contributed by atoms with Crippen LogP contribution in [0.25, 0.3) is 21.9 Å². The average molecular weight is 373 g/mol. The molecule has 2 aromatic heterocycles. The van der Waals surface area contributed by atoms with Crippen molar-refractivity contribution in [2.45, 2.75) is 12.5 Å². The lowest BCUT2D eigenvalue weighted by Gasteiger charge is -2.14. The van der Waals surface area contributed by atoms with Gasteiger partial charge in [0, 0.05) is 35.6 Å². The number of nitrogens with zero attached hydrogens (tertiary/aromatic N) is 2. The Balaban J connectivity index is 1.43. The van der Waals surface area contributed by atoms with Crippen LogP contribution in [0.5, 0.6) is 5.75 Å². The largest absolute Gasteiger partial charge is 0.490 e. The third-order valence-corrected chi connectivity index (χ3v) is 4.56. The maximum absolute atomic E-state index is 13.0. The van der Waals surface area contributed by atoms with Crippen molar-refractivity contribution in [1.82, 2.24) is 9.97 Å². The second kappa shape index (κ2) is 8.15. The summed E-state index contributed by atoms with van der Waals surface area (Å²) in [4.78, 5) is 8.43. The van der Waals surface area contributed by atoms with Crippen LogP contribution in [0.2, 0.25) is 0 Å². The first-order valence-corrected chi connectivity index (χ1v) is 9.09. The molecule has 0 fully saturated rings. The van der Waals surface area contributed by atoms with E-state index in [1.54, 1.807) is 24.5 Å². The molecular formula is C23H20FN3O. The molecule has 0 saturated heterocycles. The highest BCUT2D eigenvalue weighted by molar-refractivity contribution is 5.86. The summed E-state index contributed by atoms with van der Waals surface area (Å²) in [5, 5.41) is 2.22. The van der Waals surface area contributed by atoms with Crippen LogP contribution >= 0.6 is 0 Å². The zero-order chi connectivity index (χ0) is 19.3. The van der Waals surface area contributed by atoms with E-state index in [1.165, 1.54) is 12.1 Å². The first-order chi connectivity index (χ1) is 13.7. The lowest BCUT2D eigenvalue weighted by atomic mass is 10.0. The number of benzene rings is 2. The van der Waals surface area contributed by atoms with E-state index in [9.17, 15) is 4.39 Å². The Morgan fingerprint density at radius 1 is 0.857 bits per heavy atom. The number of nitrogens with two attached hydrogens (primary N) is 1. The number of ether oxygens (including phenoxy) is 1. The van der Waals surface area contributed by atoms with E-state index in [1.807, 2.05) is 36.7 Å². The van der Waals surface area contributed by atoms with Gasteiger partial charge >= 0.3 is 0 Å². The molecule has 2 N–H and O–H groups in total. The van der Waals surface area contributed by atoms with Crippen molar-refractivity contribution in [2.75, 3.05) is 6.61 Å². The summed E-state index contributed by atoms with van der Waals surface area (Å²) in [6.45, 7) is 0.353. The molecule has 1 atom stereocenters. The van der Waals surface area contributed by atoms with Gasteiger partial charge in [-0.15, -0.1) is 0 Å². The molecule has 28 heavy (non-hydrogen) atoms. The molecule has 0 bridgehead atoms. The molecule has 1 unspecified atom stereocenters. The summed E-state index contributed by atoms with van der Waals surface area (Å²) >= 11 is 0.